The fourth-order valence-electron chi connectivity index (χ4n) is 8.74. The van der Waals surface area contributed by atoms with Gasteiger partial charge in [0.05, 0.1) is 22.1 Å². The molecule has 260 valence electrons. The lowest BCUT2D eigenvalue weighted by Crippen LogP contribution is -1.92. The topological polar surface area (TPSA) is 30.7 Å². The molecule has 0 radical (unpaired) electrons. The van der Waals surface area contributed by atoms with Crippen LogP contribution in [0.4, 0.5) is 0 Å². The van der Waals surface area contributed by atoms with E-state index in [9.17, 15) is 0 Å². The summed E-state index contributed by atoms with van der Waals surface area (Å²) in [5.41, 5.74) is 13.6. The Balaban J connectivity index is 0.946. The Hall–Kier alpha value is -7.14. The molecule has 0 aliphatic heterocycles. The van der Waals surface area contributed by atoms with Gasteiger partial charge in [-0.3, -0.25) is 0 Å². The van der Waals surface area contributed by atoms with Crippen LogP contribution in [-0.4, -0.2) is 14.5 Å². The Morgan fingerprint density at radius 1 is 0.321 bits per heavy atom. The van der Waals surface area contributed by atoms with E-state index in [1.165, 1.54) is 76.3 Å². The van der Waals surface area contributed by atoms with E-state index in [2.05, 4.69) is 193 Å². The summed E-state index contributed by atoms with van der Waals surface area (Å²) >= 11 is 1.72. The molecule has 0 fully saturated rings. The van der Waals surface area contributed by atoms with E-state index in [0.29, 0.717) is 0 Å². The van der Waals surface area contributed by atoms with Crippen molar-refractivity contribution >= 4 is 86.2 Å². The molecule has 0 spiro atoms. The molecule has 0 saturated carbocycles. The molecular weight excluding hydrogens is 699 g/mol. The van der Waals surface area contributed by atoms with Gasteiger partial charge in [-0.1, -0.05) is 133 Å². The summed E-state index contributed by atoms with van der Waals surface area (Å²) in [6.07, 6.45) is 0. The van der Waals surface area contributed by atoms with Gasteiger partial charge in [-0.15, -0.1) is 11.3 Å². The zero-order valence-electron chi connectivity index (χ0n) is 30.1. The van der Waals surface area contributed by atoms with Crippen molar-refractivity contribution in [3.63, 3.8) is 0 Å². The molecule has 3 aromatic heterocycles. The van der Waals surface area contributed by atoms with Crippen LogP contribution in [0.2, 0.25) is 0 Å². The van der Waals surface area contributed by atoms with Crippen LogP contribution in [0.15, 0.2) is 188 Å². The molecule has 0 atom stereocenters. The van der Waals surface area contributed by atoms with Crippen molar-refractivity contribution in [1.82, 2.24) is 14.5 Å². The molecule has 12 aromatic rings. The first kappa shape index (κ1) is 31.2. The second kappa shape index (κ2) is 12.2. The van der Waals surface area contributed by atoms with E-state index >= 15 is 0 Å². The third kappa shape index (κ3) is 4.76. The van der Waals surface area contributed by atoms with Gasteiger partial charge in [0, 0.05) is 37.3 Å². The first-order chi connectivity index (χ1) is 27.7. The van der Waals surface area contributed by atoms with Gasteiger partial charge >= 0.3 is 0 Å². The second-order valence-corrected chi connectivity index (χ2v) is 15.6. The molecule has 0 N–H and O–H groups in total. The van der Waals surface area contributed by atoms with Crippen LogP contribution in [0, 0.1) is 0 Å². The number of para-hydroxylation sites is 2. The zero-order valence-corrected chi connectivity index (χ0v) is 31.0. The van der Waals surface area contributed by atoms with Gasteiger partial charge in [-0.25, -0.2) is 9.97 Å². The molecule has 0 aliphatic rings. The number of hydrogen-bond acceptors (Lipinski definition) is 3. The number of thiophene rings is 1. The average Bonchev–Trinajstić information content (AvgIpc) is 3.80. The molecule has 4 heteroatoms. The van der Waals surface area contributed by atoms with Gasteiger partial charge in [0.15, 0.2) is 0 Å². The molecule has 3 nitrogen and oxygen atoms in total. The molecular formula is C52H31N3S. The summed E-state index contributed by atoms with van der Waals surface area (Å²) in [5, 5.41) is 8.36. The van der Waals surface area contributed by atoms with E-state index in [-0.39, 0.29) is 0 Å². The predicted molar refractivity (Wildman–Crippen MR) is 238 cm³/mol. The SMILES string of the molecule is c1ccc(-n2c3ccccc3c3cc(-c4cccc(-c5cccc(-c6ccc7sc8nc9c%10ccccc%10c%10ccccc%10c9nc8c7c6)c5)c4)ccc32)cc1. The van der Waals surface area contributed by atoms with Gasteiger partial charge in [0.25, 0.3) is 0 Å². The first-order valence-corrected chi connectivity index (χ1v) is 19.8. The number of benzene rings is 9. The van der Waals surface area contributed by atoms with Gasteiger partial charge in [-0.05, 0) is 98.8 Å². The number of fused-ring (bicyclic) bond motifs is 12. The Kier molecular flexibility index (Phi) is 6.80. The highest BCUT2D eigenvalue weighted by molar-refractivity contribution is 7.25. The van der Waals surface area contributed by atoms with Crippen LogP contribution >= 0.6 is 11.3 Å². The number of nitrogens with zero attached hydrogens (tertiary/aromatic N) is 3. The third-order valence-corrected chi connectivity index (χ3v) is 12.4. The lowest BCUT2D eigenvalue weighted by Gasteiger charge is -2.10. The molecule has 56 heavy (non-hydrogen) atoms. The van der Waals surface area contributed by atoms with Crippen LogP contribution in [0.1, 0.15) is 0 Å². The highest BCUT2D eigenvalue weighted by atomic mass is 32.1. The maximum absolute atomic E-state index is 5.38. The van der Waals surface area contributed by atoms with E-state index in [1.54, 1.807) is 11.3 Å². The highest BCUT2D eigenvalue weighted by Crippen LogP contribution is 2.40. The summed E-state index contributed by atoms with van der Waals surface area (Å²) in [7, 11) is 0. The smallest absolute Gasteiger partial charge is 0.143 e. The summed E-state index contributed by atoms with van der Waals surface area (Å²) in [6, 6.07) is 67.9. The monoisotopic (exact) mass is 729 g/mol. The number of rotatable bonds is 4. The van der Waals surface area contributed by atoms with Crippen LogP contribution in [0.25, 0.3) is 114 Å². The van der Waals surface area contributed by atoms with E-state index in [0.717, 1.165) is 37.5 Å². The van der Waals surface area contributed by atoms with Gasteiger partial charge in [-0.2, -0.15) is 0 Å². The average molecular weight is 730 g/mol. The number of hydrogen-bond donors (Lipinski definition) is 0. The van der Waals surface area contributed by atoms with Crippen molar-refractivity contribution < 1.29 is 0 Å². The van der Waals surface area contributed by atoms with Crippen molar-refractivity contribution in [3.05, 3.63) is 188 Å². The van der Waals surface area contributed by atoms with Crippen molar-refractivity contribution in [2.45, 2.75) is 0 Å². The van der Waals surface area contributed by atoms with Crippen molar-refractivity contribution in [2.24, 2.45) is 0 Å². The van der Waals surface area contributed by atoms with Gasteiger partial charge < -0.3 is 4.57 Å². The van der Waals surface area contributed by atoms with E-state index < -0.39 is 0 Å². The minimum atomic E-state index is 0.958. The van der Waals surface area contributed by atoms with Crippen molar-refractivity contribution in [3.8, 4) is 39.1 Å². The Morgan fingerprint density at radius 2 is 0.821 bits per heavy atom. The zero-order chi connectivity index (χ0) is 36.7. The highest BCUT2D eigenvalue weighted by Gasteiger charge is 2.17. The van der Waals surface area contributed by atoms with Gasteiger partial charge in [0.2, 0.25) is 0 Å². The Morgan fingerprint density at radius 3 is 1.48 bits per heavy atom. The normalized spacial score (nSPS) is 11.9. The van der Waals surface area contributed by atoms with E-state index in [1.807, 2.05) is 0 Å². The Labute approximate surface area is 326 Å². The van der Waals surface area contributed by atoms with E-state index in [4.69, 9.17) is 9.97 Å². The molecule has 0 amide bonds. The molecule has 0 aliphatic carbocycles. The minimum absolute atomic E-state index is 0.958. The third-order valence-electron chi connectivity index (χ3n) is 11.4. The van der Waals surface area contributed by atoms with Crippen LogP contribution in [-0.2, 0) is 0 Å². The van der Waals surface area contributed by atoms with Crippen molar-refractivity contribution in [1.29, 1.82) is 0 Å². The Bertz CT molecular complexity index is 3540. The second-order valence-electron chi connectivity index (χ2n) is 14.6. The van der Waals surface area contributed by atoms with Crippen molar-refractivity contribution in [2.75, 3.05) is 0 Å². The largest absolute Gasteiger partial charge is 0.309 e. The fraction of sp³-hybridized carbons (Fsp3) is 0. The summed E-state index contributed by atoms with van der Waals surface area (Å²) in [5.74, 6) is 0. The molecule has 3 heterocycles. The minimum Gasteiger partial charge on any atom is -0.309 e. The molecule has 0 bridgehead atoms. The van der Waals surface area contributed by atoms with Gasteiger partial charge in [0.1, 0.15) is 10.3 Å². The van der Waals surface area contributed by atoms with Crippen LogP contribution in [0.3, 0.4) is 0 Å². The maximum Gasteiger partial charge on any atom is 0.143 e. The molecule has 12 rings (SSSR count). The standard InChI is InChI=1S/C52H31N3S/c1-2-16-38(17-3-1)55-46-23-9-8-20-41(46)44-30-36(24-26-47(44)55)34-14-10-12-32(28-34)33-13-11-15-35(29-33)37-25-27-48-45(31-37)51-52(56-48)54-50-43-22-7-5-19-40(43)39-18-4-6-21-42(39)49(50)53-51/h1-31H. The summed E-state index contributed by atoms with van der Waals surface area (Å²) < 4.78 is 3.56. The molecule has 0 saturated heterocycles. The summed E-state index contributed by atoms with van der Waals surface area (Å²) in [4.78, 5) is 11.6. The lowest BCUT2D eigenvalue weighted by atomic mass is 9.95. The number of aromatic nitrogens is 3. The van der Waals surface area contributed by atoms with Crippen LogP contribution in [0.5, 0.6) is 0 Å². The first-order valence-electron chi connectivity index (χ1n) is 19.0. The van der Waals surface area contributed by atoms with Crippen LogP contribution < -0.4 is 0 Å². The quantitative estimate of drug-likeness (QED) is 0.169. The molecule has 9 aromatic carbocycles. The predicted octanol–water partition coefficient (Wildman–Crippen LogP) is 14.4. The lowest BCUT2D eigenvalue weighted by molar-refractivity contribution is 1.18. The fourth-order valence-corrected chi connectivity index (χ4v) is 9.74. The maximum atomic E-state index is 5.38. The molecule has 0 unspecified atom stereocenters. The summed E-state index contributed by atoms with van der Waals surface area (Å²) in [6.45, 7) is 0.